The Morgan fingerprint density at radius 2 is 2.00 bits per heavy atom. The maximum Gasteiger partial charge on any atom is 0.00825 e. The van der Waals surface area contributed by atoms with Crippen LogP contribution in [-0.4, -0.2) is 5.75 Å². The first-order valence-electron chi connectivity index (χ1n) is 3.67. The lowest BCUT2D eigenvalue weighted by molar-refractivity contribution is 0.729. The van der Waals surface area contributed by atoms with E-state index in [1.807, 2.05) is 0 Å². The molecular formula is C8H16S. The second-order valence-electron chi connectivity index (χ2n) is 2.15. The van der Waals surface area contributed by atoms with E-state index in [1.165, 1.54) is 25.7 Å². The highest BCUT2D eigenvalue weighted by Crippen LogP contribution is 1.99. The summed E-state index contributed by atoms with van der Waals surface area (Å²) in [5.74, 6) is 0.881. The molecule has 0 aromatic carbocycles. The summed E-state index contributed by atoms with van der Waals surface area (Å²) in [6, 6.07) is 0. The van der Waals surface area contributed by atoms with Crippen LogP contribution in [0.5, 0.6) is 0 Å². The van der Waals surface area contributed by atoms with Gasteiger partial charge in [-0.05, 0) is 12.8 Å². The van der Waals surface area contributed by atoms with E-state index in [9.17, 15) is 0 Å². The first-order chi connectivity index (χ1) is 4.41. The van der Waals surface area contributed by atoms with Crippen molar-refractivity contribution in [2.75, 3.05) is 5.75 Å². The van der Waals surface area contributed by atoms with E-state index in [0.29, 0.717) is 0 Å². The number of thiol groups is 1. The molecule has 0 aliphatic rings. The van der Waals surface area contributed by atoms with Crippen LogP contribution in [0.25, 0.3) is 0 Å². The van der Waals surface area contributed by atoms with Gasteiger partial charge in [0.05, 0.1) is 0 Å². The van der Waals surface area contributed by atoms with Crippen molar-refractivity contribution in [2.45, 2.75) is 32.6 Å². The summed E-state index contributed by atoms with van der Waals surface area (Å²) in [6.07, 6.45) is 9.56. The van der Waals surface area contributed by atoms with Gasteiger partial charge in [-0.1, -0.05) is 31.9 Å². The van der Waals surface area contributed by atoms with Crippen LogP contribution in [0.3, 0.4) is 0 Å². The Morgan fingerprint density at radius 3 is 2.56 bits per heavy atom. The van der Waals surface area contributed by atoms with E-state index in [0.717, 1.165) is 5.75 Å². The monoisotopic (exact) mass is 144 g/mol. The second-order valence-corrected chi connectivity index (χ2v) is 2.51. The molecule has 0 bridgehead atoms. The quantitative estimate of drug-likeness (QED) is 0.342. The van der Waals surface area contributed by atoms with Crippen LogP contribution in [0.1, 0.15) is 32.6 Å². The molecule has 0 saturated carbocycles. The second kappa shape index (κ2) is 8.09. The van der Waals surface area contributed by atoms with Gasteiger partial charge in [-0.25, -0.2) is 0 Å². The van der Waals surface area contributed by atoms with E-state index in [2.05, 4.69) is 31.7 Å². The van der Waals surface area contributed by atoms with Gasteiger partial charge in [0.25, 0.3) is 0 Å². The minimum absolute atomic E-state index is 0.881. The van der Waals surface area contributed by atoms with Crippen LogP contribution >= 0.6 is 12.6 Å². The molecule has 0 aliphatic carbocycles. The molecule has 9 heavy (non-hydrogen) atoms. The number of hydrogen-bond donors (Lipinski definition) is 1. The smallest absolute Gasteiger partial charge is 0.00825 e. The summed E-state index contributed by atoms with van der Waals surface area (Å²) in [7, 11) is 0. The average Bonchev–Trinajstić information content (AvgIpc) is 1.89. The molecule has 0 nitrogen and oxygen atoms in total. The zero-order valence-corrected chi connectivity index (χ0v) is 7.03. The van der Waals surface area contributed by atoms with Gasteiger partial charge in [-0.15, -0.1) is 0 Å². The molecule has 0 aromatic rings. The van der Waals surface area contributed by atoms with Gasteiger partial charge < -0.3 is 0 Å². The Kier molecular flexibility index (Phi) is 8.17. The van der Waals surface area contributed by atoms with E-state index in [4.69, 9.17) is 0 Å². The van der Waals surface area contributed by atoms with Crippen LogP contribution in [-0.2, 0) is 0 Å². The van der Waals surface area contributed by atoms with Crippen LogP contribution in [0, 0.1) is 0 Å². The molecule has 0 aliphatic heterocycles. The summed E-state index contributed by atoms with van der Waals surface area (Å²) < 4.78 is 0. The molecule has 0 fully saturated rings. The molecule has 0 atom stereocenters. The first-order valence-corrected chi connectivity index (χ1v) is 4.31. The van der Waals surface area contributed by atoms with E-state index in [-0.39, 0.29) is 0 Å². The molecule has 0 saturated heterocycles. The molecule has 0 N–H and O–H groups in total. The van der Waals surface area contributed by atoms with Crippen molar-refractivity contribution in [1.82, 2.24) is 0 Å². The highest BCUT2D eigenvalue weighted by Gasteiger charge is 1.79. The summed E-state index contributed by atoms with van der Waals surface area (Å²) in [5.41, 5.74) is 0. The summed E-state index contributed by atoms with van der Waals surface area (Å²) in [6.45, 7) is 2.22. The largest absolute Gasteiger partial charge is 0.175 e. The van der Waals surface area contributed by atoms with Gasteiger partial charge in [0, 0.05) is 5.75 Å². The molecule has 54 valence electrons. The van der Waals surface area contributed by atoms with Gasteiger partial charge in [0.1, 0.15) is 0 Å². The van der Waals surface area contributed by atoms with Gasteiger partial charge in [-0.3, -0.25) is 0 Å². The molecule has 0 aromatic heterocycles. The van der Waals surface area contributed by atoms with Crippen molar-refractivity contribution in [3.8, 4) is 0 Å². The third-order valence-corrected chi connectivity index (χ3v) is 1.46. The minimum atomic E-state index is 0.881. The molecular weight excluding hydrogens is 128 g/mol. The third-order valence-electron chi connectivity index (χ3n) is 1.25. The Balaban J connectivity index is 2.82. The molecule has 0 rings (SSSR count). The SMILES string of the molecule is CCCCCC=CCS. The molecule has 0 heterocycles. The van der Waals surface area contributed by atoms with E-state index < -0.39 is 0 Å². The predicted molar refractivity (Wildman–Crippen MR) is 47.1 cm³/mol. The fourth-order valence-corrected chi connectivity index (χ4v) is 0.854. The van der Waals surface area contributed by atoms with Crippen LogP contribution in [0.2, 0.25) is 0 Å². The van der Waals surface area contributed by atoms with Crippen molar-refractivity contribution in [3.05, 3.63) is 12.2 Å². The predicted octanol–water partition coefficient (Wildman–Crippen LogP) is 3.05. The number of hydrogen-bond acceptors (Lipinski definition) is 1. The minimum Gasteiger partial charge on any atom is -0.175 e. The van der Waals surface area contributed by atoms with Gasteiger partial charge in [0.15, 0.2) is 0 Å². The maximum atomic E-state index is 4.06. The highest BCUT2D eigenvalue weighted by molar-refractivity contribution is 7.80. The lowest BCUT2D eigenvalue weighted by Crippen LogP contribution is -1.70. The van der Waals surface area contributed by atoms with Gasteiger partial charge >= 0.3 is 0 Å². The van der Waals surface area contributed by atoms with Crippen LogP contribution in [0.15, 0.2) is 12.2 Å². The summed E-state index contributed by atoms with van der Waals surface area (Å²) in [5, 5.41) is 0. The van der Waals surface area contributed by atoms with E-state index >= 15 is 0 Å². The van der Waals surface area contributed by atoms with Crippen molar-refractivity contribution >= 4 is 12.6 Å². The van der Waals surface area contributed by atoms with Crippen molar-refractivity contribution in [2.24, 2.45) is 0 Å². The lowest BCUT2D eigenvalue weighted by atomic mass is 10.2. The third kappa shape index (κ3) is 8.09. The number of unbranched alkanes of at least 4 members (excludes halogenated alkanes) is 3. The van der Waals surface area contributed by atoms with Crippen LogP contribution in [0.4, 0.5) is 0 Å². The molecule has 0 amide bonds. The Hall–Kier alpha value is 0.0900. The average molecular weight is 144 g/mol. The van der Waals surface area contributed by atoms with Crippen molar-refractivity contribution in [1.29, 1.82) is 0 Å². The maximum absolute atomic E-state index is 4.06. The summed E-state index contributed by atoms with van der Waals surface area (Å²) in [4.78, 5) is 0. The van der Waals surface area contributed by atoms with Crippen molar-refractivity contribution < 1.29 is 0 Å². The normalized spacial score (nSPS) is 10.9. The van der Waals surface area contributed by atoms with Gasteiger partial charge in [-0.2, -0.15) is 12.6 Å². The van der Waals surface area contributed by atoms with Crippen molar-refractivity contribution in [3.63, 3.8) is 0 Å². The first kappa shape index (κ1) is 9.09. The van der Waals surface area contributed by atoms with Gasteiger partial charge in [0.2, 0.25) is 0 Å². The zero-order chi connectivity index (χ0) is 6.95. The fraction of sp³-hybridized carbons (Fsp3) is 0.750. The summed E-state index contributed by atoms with van der Waals surface area (Å²) >= 11 is 4.06. The topological polar surface area (TPSA) is 0 Å². The Bertz CT molecular complexity index is 67.0. The van der Waals surface area contributed by atoms with E-state index in [1.54, 1.807) is 0 Å². The fourth-order valence-electron chi connectivity index (χ4n) is 0.705. The molecule has 1 heteroatoms. The Morgan fingerprint density at radius 1 is 1.22 bits per heavy atom. The molecule has 0 unspecified atom stereocenters. The highest BCUT2D eigenvalue weighted by atomic mass is 32.1. The molecule has 0 spiro atoms. The lowest BCUT2D eigenvalue weighted by Gasteiger charge is -1.89. The standard InChI is InChI=1S/C8H16S/c1-2-3-4-5-6-7-8-9/h6-7,9H,2-5,8H2,1H3. The van der Waals surface area contributed by atoms with Crippen LogP contribution < -0.4 is 0 Å². The molecule has 0 radical (unpaired) electrons. The number of rotatable bonds is 5. The zero-order valence-electron chi connectivity index (χ0n) is 6.14. The number of allylic oxidation sites excluding steroid dienone is 1. The Labute approximate surface area is 63.8 Å².